The molecule has 4 rings (SSSR count). The summed E-state index contributed by atoms with van der Waals surface area (Å²) in [6.07, 6.45) is 0. The zero-order valence-corrected chi connectivity index (χ0v) is 16.5. The number of carbonyl (C=O) groups excluding carboxylic acids is 1. The summed E-state index contributed by atoms with van der Waals surface area (Å²) < 4.78 is 18.5. The molecular formula is C22H27FN4O2. The van der Waals surface area contributed by atoms with Crippen molar-refractivity contribution < 1.29 is 13.9 Å². The zero-order chi connectivity index (χ0) is 20.1. The molecule has 2 heterocycles. The molecule has 2 saturated heterocycles. The molecule has 0 bridgehead atoms. The molecule has 2 fully saturated rings. The molecule has 2 aliphatic rings. The van der Waals surface area contributed by atoms with Gasteiger partial charge in [0.15, 0.2) is 0 Å². The van der Waals surface area contributed by atoms with E-state index in [1.807, 2.05) is 24.3 Å². The number of hydrogen-bond acceptors (Lipinski definition) is 5. The highest BCUT2D eigenvalue weighted by Gasteiger charge is 2.19. The molecule has 0 aliphatic carbocycles. The first-order valence-electron chi connectivity index (χ1n) is 10.1. The minimum absolute atomic E-state index is 0.000598. The molecule has 0 unspecified atom stereocenters. The Morgan fingerprint density at radius 1 is 0.828 bits per heavy atom. The Morgan fingerprint density at radius 3 is 2.00 bits per heavy atom. The minimum Gasteiger partial charge on any atom is -0.378 e. The van der Waals surface area contributed by atoms with Crippen LogP contribution in [0.5, 0.6) is 0 Å². The molecule has 2 aromatic rings. The van der Waals surface area contributed by atoms with E-state index in [4.69, 9.17) is 4.74 Å². The lowest BCUT2D eigenvalue weighted by Gasteiger charge is -2.35. The van der Waals surface area contributed by atoms with Gasteiger partial charge in [0.05, 0.1) is 19.8 Å². The van der Waals surface area contributed by atoms with E-state index in [1.165, 1.54) is 12.1 Å². The number of amides is 1. The van der Waals surface area contributed by atoms with Crippen molar-refractivity contribution >= 4 is 23.0 Å². The molecular weight excluding hydrogens is 371 g/mol. The van der Waals surface area contributed by atoms with Crippen LogP contribution in [-0.2, 0) is 9.53 Å². The number of nitrogens with one attached hydrogen (secondary N) is 1. The summed E-state index contributed by atoms with van der Waals surface area (Å²) in [5.74, 6) is -0.221. The molecule has 0 aromatic heterocycles. The van der Waals surface area contributed by atoms with Crippen LogP contribution in [0.15, 0.2) is 48.5 Å². The monoisotopic (exact) mass is 398 g/mol. The van der Waals surface area contributed by atoms with E-state index >= 15 is 0 Å². The van der Waals surface area contributed by atoms with Gasteiger partial charge in [0.25, 0.3) is 0 Å². The lowest BCUT2D eigenvalue weighted by molar-refractivity contribution is -0.117. The van der Waals surface area contributed by atoms with Crippen molar-refractivity contribution in [3.8, 4) is 0 Å². The number of nitrogens with zero attached hydrogens (tertiary/aromatic N) is 3. The van der Waals surface area contributed by atoms with Crippen molar-refractivity contribution in [3.63, 3.8) is 0 Å². The summed E-state index contributed by atoms with van der Waals surface area (Å²) in [5.41, 5.74) is 3.00. The van der Waals surface area contributed by atoms with Crippen LogP contribution in [0, 0.1) is 5.82 Å². The van der Waals surface area contributed by atoms with E-state index in [9.17, 15) is 9.18 Å². The Morgan fingerprint density at radius 2 is 1.38 bits per heavy atom. The third kappa shape index (κ3) is 5.25. The number of carbonyl (C=O) groups is 1. The summed E-state index contributed by atoms with van der Waals surface area (Å²) >= 11 is 0. The molecule has 1 N–H and O–H groups in total. The molecule has 29 heavy (non-hydrogen) atoms. The van der Waals surface area contributed by atoms with Crippen molar-refractivity contribution in [2.75, 3.05) is 74.1 Å². The number of benzene rings is 2. The zero-order valence-electron chi connectivity index (χ0n) is 16.5. The lowest BCUT2D eigenvalue weighted by Crippen LogP contribution is -2.48. The number of hydrogen-bond donors (Lipinski definition) is 1. The van der Waals surface area contributed by atoms with E-state index in [2.05, 4.69) is 20.0 Å². The van der Waals surface area contributed by atoms with Gasteiger partial charge < -0.3 is 19.9 Å². The van der Waals surface area contributed by atoms with E-state index in [0.717, 1.165) is 69.5 Å². The van der Waals surface area contributed by atoms with Gasteiger partial charge in [-0.05, 0) is 48.5 Å². The molecule has 0 atom stereocenters. The van der Waals surface area contributed by atoms with Gasteiger partial charge in [0, 0.05) is 56.3 Å². The van der Waals surface area contributed by atoms with E-state index in [0.29, 0.717) is 6.54 Å². The van der Waals surface area contributed by atoms with Gasteiger partial charge in [-0.25, -0.2) is 4.39 Å². The van der Waals surface area contributed by atoms with E-state index in [1.54, 1.807) is 12.1 Å². The van der Waals surface area contributed by atoms with Gasteiger partial charge in [0.1, 0.15) is 5.82 Å². The molecule has 0 spiro atoms. The molecule has 0 saturated carbocycles. The standard InChI is InChI=1S/C22H27FN4O2/c23-18-1-5-20(6-2-18)26-11-9-25(10-12-26)17-22(28)24-19-3-7-21(8-4-19)27-13-15-29-16-14-27/h1-8H,9-17H2,(H,24,28). The van der Waals surface area contributed by atoms with Crippen molar-refractivity contribution in [2.45, 2.75) is 0 Å². The molecule has 0 radical (unpaired) electrons. The molecule has 2 aliphatic heterocycles. The number of morpholine rings is 1. The second-order valence-corrected chi connectivity index (χ2v) is 7.43. The summed E-state index contributed by atoms with van der Waals surface area (Å²) in [4.78, 5) is 19.1. The number of halogens is 1. The third-order valence-electron chi connectivity index (χ3n) is 5.46. The molecule has 2 aromatic carbocycles. The van der Waals surface area contributed by atoms with Gasteiger partial charge in [-0.2, -0.15) is 0 Å². The van der Waals surface area contributed by atoms with Gasteiger partial charge in [-0.3, -0.25) is 9.69 Å². The first-order chi connectivity index (χ1) is 14.2. The molecule has 6 nitrogen and oxygen atoms in total. The fourth-order valence-electron chi connectivity index (χ4n) is 3.80. The van der Waals surface area contributed by atoms with Crippen LogP contribution in [0.4, 0.5) is 21.5 Å². The minimum atomic E-state index is -0.220. The first-order valence-corrected chi connectivity index (χ1v) is 10.1. The Labute approximate surface area is 170 Å². The van der Waals surface area contributed by atoms with Gasteiger partial charge >= 0.3 is 0 Å². The first kappa shape index (κ1) is 19.7. The Hall–Kier alpha value is -2.64. The van der Waals surface area contributed by atoms with Crippen LogP contribution in [-0.4, -0.2) is 69.8 Å². The highest BCUT2D eigenvalue weighted by atomic mass is 19.1. The van der Waals surface area contributed by atoms with Crippen LogP contribution in [0.2, 0.25) is 0 Å². The normalized spacial score (nSPS) is 18.0. The predicted octanol–water partition coefficient (Wildman–Crippen LogP) is 2.42. The Kier molecular flexibility index (Phi) is 6.27. The maximum atomic E-state index is 13.1. The number of piperazine rings is 1. The maximum absolute atomic E-state index is 13.1. The highest BCUT2D eigenvalue weighted by molar-refractivity contribution is 5.92. The van der Waals surface area contributed by atoms with Crippen molar-refractivity contribution in [1.29, 1.82) is 0 Å². The van der Waals surface area contributed by atoms with Crippen molar-refractivity contribution in [1.82, 2.24) is 4.90 Å². The maximum Gasteiger partial charge on any atom is 0.238 e. The van der Waals surface area contributed by atoms with Crippen LogP contribution in [0.3, 0.4) is 0 Å². The van der Waals surface area contributed by atoms with Crippen molar-refractivity contribution in [3.05, 3.63) is 54.3 Å². The van der Waals surface area contributed by atoms with Crippen molar-refractivity contribution in [2.24, 2.45) is 0 Å². The Bertz CT molecular complexity index is 799. The average Bonchev–Trinajstić information content (AvgIpc) is 2.76. The highest BCUT2D eigenvalue weighted by Crippen LogP contribution is 2.20. The van der Waals surface area contributed by atoms with Gasteiger partial charge in [0.2, 0.25) is 5.91 Å². The SMILES string of the molecule is O=C(CN1CCN(c2ccc(F)cc2)CC1)Nc1ccc(N2CCOCC2)cc1. The number of rotatable bonds is 5. The molecule has 1 amide bonds. The van der Waals surface area contributed by atoms with Crippen LogP contribution < -0.4 is 15.1 Å². The van der Waals surface area contributed by atoms with E-state index in [-0.39, 0.29) is 11.7 Å². The van der Waals surface area contributed by atoms with Crippen LogP contribution in [0.25, 0.3) is 0 Å². The molecule has 154 valence electrons. The summed E-state index contributed by atoms with van der Waals surface area (Å²) in [6, 6.07) is 14.6. The topological polar surface area (TPSA) is 48.1 Å². The summed E-state index contributed by atoms with van der Waals surface area (Å²) in [6.45, 7) is 6.95. The van der Waals surface area contributed by atoms with E-state index < -0.39 is 0 Å². The molecule has 7 heteroatoms. The third-order valence-corrected chi connectivity index (χ3v) is 5.46. The quantitative estimate of drug-likeness (QED) is 0.838. The lowest BCUT2D eigenvalue weighted by atomic mass is 10.2. The fraction of sp³-hybridized carbons (Fsp3) is 0.409. The van der Waals surface area contributed by atoms with Gasteiger partial charge in [-0.1, -0.05) is 0 Å². The second kappa shape index (κ2) is 9.24. The second-order valence-electron chi connectivity index (χ2n) is 7.43. The largest absolute Gasteiger partial charge is 0.378 e. The summed E-state index contributed by atoms with van der Waals surface area (Å²) in [7, 11) is 0. The Balaban J connectivity index is 1.23. The number of anilines is 3. The summed E-state index contributed by atoms with van der Waals surface area (Å²) in [5, 5.41) is 2.99. The smallest absolute Gasteiger partial charge is 0.238 e. The number of ether oxygens (including phenoxy) is 1. The van der Waals surface area contributed by atoms with Gasteiger partial charge in [-0.15, -0.1) is 0 Å². The fourth-order valence-corrected chi connectivity index (χ4v) is 3.80. The predicted molar refractivity (Wildman–Crippen MR) is 113 cm³/mol. The van der Waals surface area contributed by atoms with Crippen LogP contribution >= 0.6 is 0 Å². The van der Waals surface area contributed by atoms with Crippen LogP contribution in [0.1, 0.15) is 0 Å². The average molecular weight is 398 g/mol.